The van der Waals surface area contributed by atoms with Crippen LogP contribution in [-0.2, 0) is 27.4 Å². The summed E-state index contributed by atoms with van der Waals surface area (Å²) in [7, 11) is 0. The molecular formula is C39H50FN3O4. The van der Waals surface area contributed by atoms with Crippen LogP contribution in [0.3, 0.4) is 0 Å². The molecule has 3 aromatic rings. The average Bonchev–Trinajstić information content (AvgIpc) is 2.96. The summed E-state index contributed by atoms with van der Waals surface area (Å²) in [5.74, 6) is -1.14. The number of carbonyl (C=O) groups is 2. The van der Waals surface area contributed by atoms with E-state index in [9.17, 15) is 19.1 Å². The molecule has 252 valence electrons. The number of pyridine rings is 1. The van der Waals surface area contributed by atoms with Gasteiger partial charge in [0.15, 0.2) is 6.10 Å². The first kappa shape index (κ1) is 34.6. The summed E-state index contributed by atoms with van der Waals surface area (Å²) < 4.78 is 19.8. The summed E-state index contributed by atoms with van der Waals surface area (Å²) in [6, 6.07) is 14.5. The monoisotopic (exact) mass is 643 g/mol. The van der Waals surface area contributed by atoms with Crippen molar-refractivity contribution in [1.82, 2.24) is 9.88 Å². The SMILES string of the molecule is Cc1nc(C)c([C@H](OC(C)(C)C)C(=O)O)c(N2CCC(C)(C)CC2)c1-c1ccc(CN(Cc2ccc(F)cc2)C(=O)C2CCC2)cc1. The summed E-state index contributed by atoms with van der Waals surface area (Å²) in [4.78, 5) is 35.4. The molecule has 2 aromatic carbocycles. The van der Waals surface area contributed by atoms with Gasteiger partial charge in [0, 0.05) is 54.6 Å². The average molecular weight is 644 g/mol. The van der Waals surface area contributed by atoms with Crippen molar-refractivity contribution in [2.45, 2.75) is 105 Å². The first-order valence-electron chi connectivity index (χ1n) is 16.9. The molecular weight excluding hydrogens is 593 g/mol. The van der Waals surface area contributed by atoms with Crippen LogP contribution in [0.2, 0.25) is 0 Å². The Bertz CT molecular complexity index is 1580. The molecule has 47 heavy (non-hydrogen) atoms. The number of benzene rings is 2. The summed E-state index contributed by atoms with van der Waals surface area (Å²) in [6.07, 6.45) is 3.69. The fraction of sp³-hybridized carbons (Fsp3) is 0.513. The van der Waals surface area contributed by atoms with E-state index in [0.717, 1.165) is 78.8 Å². The maximum absolute atomic E-state index is 13.6. The molecule has 1 saturated carbocycles. The van der Waals surface area contributed by atoms with Crippen molar-refractivity contribution in [3.63, 3.8) is 0 Å². The van der Waals surface area contributed by atoms with Gasteiger partial charge in [-0.2, -0.15) is 0 Å². The Labute approximate surface area is 279 Å². The molecule has 2 heterocycles. The van der Waals surface area contributed by atoms with Gasteiger partial charge < -0.3 is 19.6 Å². The quantitative estimate of drug-likeness (QED) is 0.239. The Balaban J connectivity index is 1.53. The zero-order chi connectivity index (χ0) is 34.1. The van der Waals surface area contributed by atoms with Crippen molar-refractivity contribution in [2.24, 2.45) is 11.3 Å². The number of aryl methyl sites for hydroxylation is 2. The van der Waals surface area contributed by atoms with Crippen LogP contribution in [0.15, 0.2) is 48.5 Å². The van der Waals surface area contributed by atoms with E-state index in [1.54, 1.807) is 12.1 Å². The number of amides is 1. The minimum absolute atomic E-state index is 0.0454. The van der Waals surface area contributed by atoms with Gasteiger partial charge in [0.25, 0.3) is 0 Å². The highest BCUT2D eigenvalue weighted by atomic mass is 19.1. The number of aliphatic carboxylic acids is 1. The molecule has 1 saturated heterocycles. The molecule has 8 heteroatoms. The second kappa shape index (κ2) is 13.8. The van der Waals surface area contributed by atoms with Gasteiger partial charge in [-0.3, -0.25) is 9.78 Å². The van der Waals surface area contributed by atoms with E-state index in [0.29, 0.717) is 24.3 Å². The maximum Gasteiger partial charge on any atom is 0.337 e. The van der Waals surface area contributed by atoms with E-state index < -0.39 is 17.7 Å². The molecule has 1 amide bonds. The number of aromatic nitrogens is 1. The number of anilines is 1. The Hall–Kier alpha value is -3.78. The molecule has 5 rings (SSSR count). The Morgan fingerprint density at radius 3 is 2.02 bits per heavy atom. The molecule has 0 radical (unpaired) electrons. The third-order valence-corrected chi connectivity index (χ3v) is 9.64. The van der Waals surface area contributed by atoms with Gasteiger partial charge in [-0.05, 0) is 94.5 Å². The molecule has 2 fully saturated rings. The van der Waals surface area contributed by atoms with Crippen molar-refractivity contribution < 1.29 is 23.8 Å². The number of halogens is 1. The van der Waals surface area contributed by atoms with Crippen molar-refractivity contribution in [1.29, 1.82) is 0 Å². The van der Waals surface area contributed by atoms with E-state index in [2.05, 4.69) is 30.9 Å². The minimum Gasteiger partial charge on any atom is -0.479 e. The lowest BCUT2D eigenvalue weighted by Gasteiger charge is -2.41. The number of ether oxygens (including phenoxy) is 1. The summed E-state index contributed by atoms with van der Waals surface area (Å²) in [5, 5.41) is 10.5. The van der Waals surface area contributed by atoms with Gasteiger partial charge in [0.05, 0.1) is 11.3 Å². The normalized spacial score (nSPS) is 17.2. The van der Waals surface area contributed by atoms with Gasteiger partial charge >= 0.3 is 5.97 Å². The first-order valence-corrected chi connectivity index (χ1v) is 16.9. The number of hydrogen-bond donors (Lipinski definition) is 1. The molecule has 1 N–H and O–H groups in total. The van der Waals surface area contributed by atoms with Crippen LogP contribution in [0.5, 0.6) is 0 Å². The number of hydrogen-bond acceptors (Lipinski definition) is 5. The highest BCUT2D eigenvalue weighted by molar-refractivity contribution is 5.88. The number of nitrogens with zero attached hydrogens (tertiary/aromatic N) is 3. The van der Waals surface area contributed by atoms with Crippen LogP contribution in [-0.4, -0.2) is 45.6 Å². The predicted molar refractivity (Wildman–Crippen MR) is 184 cm³/mol. The topological polar surface area (TPSA) is 83.0 Å². The molecule has 0 bridgehead atoms. The zero-order valence-electron chi connectivity index (χ0n) is 29.0. The summed E-state index contributed by atoms with van der Waals surface area (Å²) in [5.41, 5.74) is 6.24. The molecule has 0 unspecified atom stereocenters. The summed E-state index contributed by atoms with van der Waals surface area (Å²) in [6.45, 7) is 16.5. The molecule has 7 nitrogen and oxygen atoms in total. The Kier molecular flexibility index (Phi) is 10.1. The number of carbonyl (C=O) groups excluding carboxylic acids is 1. The largest absolute Gasteiger partial charge is 0.479 e. The van der Waals surface area contributed by atoms with Crippen molar-refractivity contribution in [3.05, 3.63) is 82.4 Å². The third kappa shape index (κ3) is 8.21. The highest BCUT2D eigenvalue weighted by Crippen LogP contribution is 2.45. The molecule has 1 aliphatic heterocycles. The number of piperidine rings is 1. The van der Waals surface area contributed by atoms with Crippen LogP contribution in [0, 0.1) is 31.0 Å². The molecule has 2 aliphatic rings. The lowest BCUT2D eigenvalue weighted by Crippen LogP contribution is -2.39. The standard InChI is InChI=1S/C39H50FN3O4/c1-25-32(34(42-21-19-39(6,7)20-22-42)33(26(2)41-25)35(37(45)46)47-38(3,4)5)29-15-11-27(12-16-29)23-43(36(44)30-9-8-10-30)24-28-13-17-31(40)18-14-28/h11-18,30,35H,8-10,19-24H2,1-7H3,(H,45,46)/t35-/m0/s1. The van der Waals surface area contributed by atoms with Gasteiger partial charge in [-0.1, -0.05) is 56.7 Å². The van der Waals surface area contributed by atoms with Crippen LogP contribution < -0.4 is 4.90 Å². The van der Waals surface area contributed by atoms with Crippen LogP contribution in [0.25, 0.3) is 11.1 Å². The number of carboxylic acid groups (broad SMARTS) is 1. The van der Waals surface area contributed by atoms with E-state index >= 15 is 0 Å². The van der Waals surface area contributed by atoms with Crippen LogP contribution in [0.4, 0.5) is 10.1 Å². The second-order valence-corrected chi connectivity index (χ2v) is 15.2. The zero-order valence-corrected chi connectivity index (χ0v) is 29.0. The smallest absolute Gasteiger partial charge is 0.337 e. The summed E-state index contributed by atoms with van der Waals surface area (Å²) >= 11 is 0. The Morgan fingerprint density at radius 2 is 1.53 bits per heavy atom. The third-order valence-electron chi connectivity index (χ3n) is 9.64. The van der Waals surface area contributed by atoms with Crippen LogP contribution >= 0.6 is 0 Å². The van der Waals surface area contributed by atoms with Crippen molar-refractivity contribution in [3.8, 4) is 11.1 Å². The van der Waals surface area contributed by atoms with Crippen LogP contribution in [0.1, 0.15) is 101 Å². The lowest BCUT2D eigenvalue weighted by molar-refractivity contribution is -0.160. The van der Waals surface area contributed by atoms with E-state index in [4.69, 9.17) is 9.72 Å². The fourth-order valence-electron chi connectivity index (χ4n) is 6.69. The number of carboxylic acids is 1. The van der Waals surface area contributed by atoms with Gasteiger partial charge in [-0.25, -0.2) is 9.18 Å². The molecule has 1 aromatic heterocycles. The molecule has 1 aliphatic carbocycles. The van der Waals surface area contributed by atoms with Crippen molar-refractivity contribution in [2.75, 3.05) is 18.0 Å². The van der Waals surface area contributed by atoms with Gasteiger partial charge in [0.1, 0.15) is 5.82 Å². The number of rotatable bonds is 10. The van der Waals surface area contributed by atoms with E-state index in [1.807, 2.05) is 51.7 Å². The maximum atomic E-state index is 13.6. The predicted octanol–water partition coefficient (Wildman–Crippen LogP) is 8.40. The van der Waals surface area contributed by atoms with E-state index in [-0.39, 0.29) is 23.1 Å². The first-order chi connectivity index (χ1) is 22.1. The van der Waals surface area contributed by atoms with Gasteiger partial charge in [-0.15, -0.1) is 0 Å². The minimum atomic E-state index is -1.18. The van der Waals surface area contributed by atoms with Crippen molar-refractivity contribution >= 4 is 17.6 Å². The molecule has 0 spiro atoms. The lowest BCUT2D eigenvalue weighted by atomic mass is 9.81. The highest BCUT2D eigenvalue weighted by Gasteiger charge is 2.36. The van der Waals surface area contributed by atoms with E-state index in [1.165, 1.54) is 12.1 Å². The molecule has 1 atom stereocenters. The van der Waals surface area contributed by atoms with Gasteiger partial charge in [0.2, 0.25) is 5.91 Å². The second-order valence-electron chi connectivity index (χ2n) is 15.2. The fourth-order valence-corrected chi connectivity index (χ4v) is 6.69. The Morgan fingerprint density at radius 1 is 0.979 bits per heavy atom.